The second-order valence-corrected chi connectivity index (χ2v) is 5.42. The van der Waals surface area contributed by atoms with E-state index < -0.39 is 0 Å². The number of aryl methyl sites for hydroxylation is 2. The van der Waals surface area contributed by atoms with Crippen molar-refractivity contribution in [2.24, 2.45) is 0 Å². The third kappa shape index (κ3) is 2.29. The van der Waals surface area contributed by atoms with Crippen LogP contribution in [0.1, 0.15) is 29.6 Å². The van der Waals surface area contributed by atoms with Crippen molar-refractivity contribution in [3.8, 4) is 0 Å². The molecule has 5 nitrogen and oxygen atoms in total. The molecule has 2 aromatic rings. The highest BCUT2D eigenvalue weighted by Crippen LogP contribution is 2.32. The van der Waals surface area contributed by atoms with Crippen LogP contribution >= 0.6 is 11.6 Å². The molecule has 0 saturated carbocycles. The number of carbonyl (C=O) groups is 1. The summed E-state index contributed by atoms with van der Waals surface area (Å²) in [6.45, 7) is 4.24. The van der Waals surface area contributed by atoms with Crippen molar-refractivity contribution in [2.45, 2.75) is 26.2 Å². The standard InChI is InChI=1S/C14H14ClN3O2/c1-8-5-11(3-4-12(8)15)18-7-10(6-13(18)19)14-16-9(2)20-17-14/h3-5,10H,6-7H2,1-2H3. The third-order valence-electron chi connectivity index (χ3n) is 3.49. The van der Waals surface area contributed by atoms with E-state index in [1.165, 1.54) is 0 Å². The Morgan fingerprint density at radius 2 is 2.20 bits per heavy atom. The highest BCUT2D eigenvalue weighted by molar-refractivity contribution is 6.31. The van der Waals surface area contributed by atoms with Crippen molar-refractivity contribution in [1.29, 1.82) is 0 Å². The molecule has 20 heavy (non-hydrogen) atoms. The largest absolute Gasteiger partial charge is 0.340 e. The highest BCUT2D eigenvalue weighted by atomic mass is 35.5. The van der Waals surface area contributed by atoms with E-state index in [4.69, 9.17) is 16.1 Å². The predicted octanol–water partition coefficient (Wildman–Crippen LogP) is 2.86. The quantitative estimate of drug-likeness (QED) is 0.853. The van der Waals surface area contributed by atoms with Crippen molar-refractivity contribution in [1.82, 2.24) is 10.1 Å². The first-order valence-electron chi connectivity index (χ1n) is 6.41. The fourth-order valence-electron chi connectivity index (χ4n) is 2.41. The molecule has 2 heterocycles. The average Bonchev–Trinajstić information content (AvgIpc) is 2.99. The van der Waals surface area contributed by atoms with Gasteiger partial charge in [-0.2, -0.15) is 4.98 Å². The second kappa shape index (κ2) is 4.90. The van der Waals surface area contributed by atoms with Gasteiger partial charge in [0, 0.05) is 36.5 Å². The van der Waals surface area contributed by atoms with Gasteiger partial charge < -0.3 is 9.42 Å². The maximum absolute atomic E-state index is 12.2. The number of carbonyl (C=O) groups excluding carboxylic acids is 1. The lowest BCUT2D eigenvalue weighted by Crippen LogP contribution is -2.24. The molecule has 0 radical (unpaired) electrons. The van der Waals surface area contributed by atoms with Gasteiger partial charge >= 0.3 is 0 Å². The molecule has 0 aliphatic carbocycles. The Morgan fingerprint density at radius 3 is 2.85 bits per heavy atom. The van der Waals surface area contributed by atoms with Gasteiger partial charge in [0.15, 0.2) is 5.82 Å². The molecular formula is C14H14ClN3O2. The Bertz CT molecular complexity index is 668. The normalized spacial score (nSPS) is 18.9. The van der Waals surface area contributed by atoms with Crippen LogP contribution in [0.25, 0.3) is 0 Å². The van der Waals surface area contributed by atoms with Gasteiger partial charge in [-0.1, -0.05) is 16.8 Å². The first-order valence-corrected chi connectivity index (χ1v) is 6.79. The molecule has 1 fully saturated rings. The number of nitrogens with zero attached hydrogens (tertiary/aromatic N) is 3. The van der Waals surface area contributed by atoms with Gasteiger partial charge in [0.25, 0.3) is 0 Å². The Hall–Kier alpha value is -1.88. The lowest BCUT2D eigenvalue weighted by Gasteiger charge is -2.17. The number of rotatable bonds is 2. The smallest absolute Gasteiger partial charge is 0.227 e. The van der Waals surface area contributed by atoms with Crippen molar-refractivity contribution >= 4 is 23.2 Å². The molecule has 0 N–H and O–H groups in total. The summed E-state index contributed by atoms with van der Waals surface area (Å²) in [6.07, 6.45) is 0.403. The van der Waals surface area contributed by atoms with Gasteiger partial charge in [0.1, 0.15) is 0 Å². The molecule has 1 aromatic heterocycles. The van der Waals surface area contributed by atoms with Gasteiger partial charge in [-0.3, -0.25) is 4.79 Å². The van der Waals surface area contributed by atoms with E-state index in [9.17, 15) is 4.79 Å². The summed E-state index contributed by atoms with van der Waals surface area (Å²) in [4.78, 5) is 18.1. The van der Waals surface area contributed by atoms with E-state index in [0.717, 1.165) is 11.3 Å². The highest BCUT2D eigenvalue weighted by Gasteiger charge is 2.34. The maximum atomic E-state index is 12.2. The zero-order valence-corrected chi connectivity index (χ0v) is 12.0. The summed E-state index contributed by atoms with van der Waals surface area (Å²) in [5.74, 6) is 1.17. The van der Waals surface area contributed by atoms with Crippen LogP contribution in [-0.4, -0.2) is 22.6 Å². The van der Waals surface area contributed by atoms with Crippen LogP contribution < -0.4 is 4.90 Å². The van der Waals surface area contributed by atoms with Gasteiger partial charge in [-0.15, -0.1) is 0 Å². The fourth-order valence-corrected chi connectivity index (χ4v) is 2.53. The number of hydrogen-bond donors (Lipinski definition) is 0. The van der Waals surface area contributed by atoms with E-state index in [1.54, 1.807) is 11.8 Å². The van der Waals surface area contributed by atoms with E-state index >= 15 is 0 Å². The van der Waals surface area contributed by atoms with Crippen LogP contribution in [0.4, 0.5) is 5.69 Å². The number of halogens is 1. The Labute approximate surface area is 121 Å². The van der Waals surface area contributed by atoms with Crippen LogP contribution in [0.5, 0.6) is 0 Å². The molecule has 0 spiro atoms. The minimum absolute atomic E-state index is 0.0177. The lowest BCUT2D eigenvalue weighted by atomic mass is 10.1. The summed E-state index contributed by atoms with van der Waals surface area (Å²) in [7, 11) is 0. The number of benzene rings is 1. The molecule has 1 aromatic carbocycles. The van der Waals surface area contributed by atoms with Crippen molar-refractivity contribution in [3.05, 3.63) is 40.5 Å². The molecule has 1 aliphatic heterocycles. The predicted molar refractivity (Wildman–Crippen MR) is 74.9 cm³/mol. The first-order chi connectivity index (χ1) is 9.54. The zero-order valence-electron chi connectivity index (χ0n) is 11.3. The summed E-state index contributed by atoms with van der Waals surface area (Å²) in [6, 6.07) is 5.59. The second-order valence-electron chi connectivity index (χ2n) is 5.01. The number of aromatic nitrogens is 2. The Balaban J connectivity index is 1.85. The molecule has 1 amide bonds. The van der Waals surface area contributed by atoms with E-state index in [0.29, 0.717) is 29.7 Å². The van der Waals surface area contributed by atoms with Crippen molar-refractivity contribution in [2.75, 3.05) is 11.4 Å². The summed E-state index contributed by atoms with van der Waals surface area (Å²) >= 11 is 6.02. The molecule has 1 unspecified atom stereocenters. The summed E-state index contributed by atoms with van der Waals surface area (Å²) in [5, 5.41) is 4.61. The van der Waals surface area contributed by atoms with Gasteiger partial charge in [0.2, 0.25) is 11.8 Å². The molecule has 1 aliphatic rings. The first kappa shape index (κ1) is 13.1. The van der Waals surface area contributed by atoms with E-state index in [-0.39, 0.29) is 11.8 Å². The topological polar surface area (TPSA) is 59.2 Å². The monoisotopic (exact) mass is 291 g/mol. The van der Waals surface area contributed by atoms with E-state index in [1.807, 2.05) is 25.1 Å². The number of amides is 1. The molecule has 3 rings (SSSR count). The summed E-state index contributed by atoms with van der Waals surface area (Å²) in [5.41, 5.74) is 1.82. The van der Waals surface area contributed by atoms with Crippen molar-refractivity contribution in [3.63, 3.8) is 0 Å². The van der Waals surface area contributed by atoms with Gasteiger partial charge in [-0.25, -0.2) is 0 Å². The van der Waals surface area contributed by atoms with E-state index in [2.05, 4.69) is 10.1 Å². The lowest BCUT2D eigenvalue weighted by molar-refractivity contribution is -0.117. The maximum Gasteiger partial charge on any atom is 0.227 e. The third-order valence-corrected chi connectivity index (χ3v) is 3.91. The molecule has 1 atom stereocenters. The summed E-state index contributed by atoms with van der Waals surface area (Å²) < 4.78 is 4.98. The molecule has 0 bridgehead atoms. The zero-order chi connectivity index (χ0) is 14.3. The minimum Gasteiger partial charge on any atom is -0.340 e. The number of anilines is 1. The van der Waals surface area contributed by atoms with Crippen LogP contribution in [0, 0.1) is 13.8 Å². The van der Waals surface area contributed by atoms with Crippen LogP contribution in [0.3, 0.4) is 0 Å². The Morgan fingerprint density at radius 1 is 1.40 bits per heavy atom. The average molecular weight is 292 g/mol. The molecular weight excluding hydrogens is 278 g/mol. The fraction of sp³-hybridized carbons (Fsp3) is 0.357. The number of hydrogen-bond acceptors (Lipinski definition) is 4. The van der Waals surface area contributed by atoms with Gasteiger partial charge in [0.05, 0.1) is 0 Å². The van der Waals surface area contributed by atoms with Crippen molar-refractivity contribution < 1.29 is 9.32 Å². The molecule has 104 valence electrons. The SMILES string of the molecule is Cc1nc(C2CC(=O)N(c3ccc(Cl)c(C)c3)C2)no1. The Kier molecular flexibility index (Phi) is 3.22. The molecule has 6 heteroatoms. The van der Waals surface area contributed by atoms with Crippen LogP contribution in [0.2, 0.25) is 5.02 Å². The minimum atomic E-state index is -0.0177. The molecule has 1 saturated heterocycles. The van der Waals surface area contributed by atoms with Gasteiger partial charge in [-0.05, 0) is 30.7 Å². The van der Waals surface area contributed by atoms with Crippen LogP contribution in [0.15, 0.2) is 22.7 Å². The van der Waals surface area contributed by atoms with Crippen LogP contribution in [-0.2, 0) is 4.79 Å².